The number of nitrogens with zero attached hydrogens (tertiary/aromatic N) is 1. The molecular formula is C17H26N2. The number of benzene rings is 1. The maximum atomic E-state index is 3.71. The predicted molar refractivity (Wildman–Crippen MR) is 80.6 cm³/mol. The van der Waals surface area contributed by atoms with Crippen LogP contribution in [0.5, 0.6) is 0 Å². The summed E-state index contributed by atoms with van der Waals surface area (Å²) in [6, 6.07) is 8.90. The molecule has 1 aliphatic carbocycles. The smallest absolute Gasteiger partial charge is 0.00235 e. The van der Waals surface area contributed by atoms with Gasteiger partial charge in [0.15, 0.2) is 0 Å². The van der Waals surface area contributed by atoms with Gasteiger partial charge in [-0.25, -0.2) is 0 Å². The highest BCUT2D eigenvalue weighted by Crippen LogP contribution is 2.34. The molecule has 1 aliphatic heterocycles. The molecule has 1 fully saturated rings. The first-order valence-corrected chi connectivity index (χ1v) is 7.87. The van der Waals surface area contributed by atoms with Gasteiger partial charge < -0.3 is 10.2 Å². The van der Waals surface area contributed by atoms with E-state index in [2.05, 4.69) is 41.4 Å². The molecule has 1 unspecified atom stereocenters. The van der Waals surface area contributed by atoms with Gasteiger partial charge in [-0.1, -0.05) is 31.2 Å². The van der Waals surface area contributed by atoms with Crippen LogP contribution in [-0.2, 0) is 6.42 Å². The molecule has 1 saturated heterocycles. The van der Waals surface area contributed by atoms with Crippen molar-refractivity contribution in [1.82, 2.24) is 10.2 Å². The van der Waals surface area contributed by atoms with E-state index in [1.807, 2.05) is 0 Å². The summed E-state index contributed by atoms with van der Waals surface area (Å²) >= 11 is 0. The van der Waals surface area contributed by atoms with E-state index in [4.69, 9.17) is 0 Å². The Kier molecular flexibility index (Phi) is 4.19. The zero-order chi connectivity index (χ0) is 13.1. The summed E-state index contributed by atoms with van der Waals surface area (Å²) in [5.41, 5.74) is 3.14. The topological polar surface area (TPSA) is 15.3 Å². The van der Waals surface area contributed by atoms with Crippen LogP contribution in [0.1, 0.15) is 36.8 Å². The molecule has 0 spiro atoms. The monoisotopic (exact) mass is 258 g/mol. The summed E-state index contributed by atoms with van der Waals surface area (Å²) in [6.45, 7) is 8.48. The fraction of sp³-hybridized carbons (Fsp3) is 0.647. The summed E-state index contributed by atoms with van der Waals surface area (Å²) < 4.78 is 0. The van der Waals surface area contributed by atoms with E-state index in [1.165, 1.54) is 52.0 Å². The van der Waals surface area contributed by atoms with Crippen molar-refractivity contribution in [3.8, 4) is 0 Å². The molecule has 1 N–H and O–H groups in total. The second-order valence-electron chi connectivity index (χ2n) is 6.14. The van der Waals surface area contributed by atoms with Crippen molar-refractivity contribution < 1.29 is 0 Å². The molecular weight excluding hydrogens is 232 g/mol. The van der Waals surface area contributed by atoms with Gasteiger partial charge in [-0.15, -0.1) is 0 Å². The maximum Gasteiger partial charge on any atom is 0.00235 e. The van der Waals surface area contributed by atoms with Gasteiger partial charge >= 0.3 is 0 Å². The minimum absolute atomic E-state index is 0.770. The van der Waals surface area contributed by atoms with Crippen molar-refractivity contribution in [2.24, 2.45) is 5.92 Å². The van der Waals surface area contributed by atoms with Crippen molar-refractivity contribution >= 4 is 0 Å². The lowest BCUT2D eigenvalue weighted by atomic mass is 9.77. The normalized spacial score (nSPS) is 23.9. The average molecular weight is 258 g/mol. The van der Waals surface area contributed by atoms with Crippen molar-refractivity contribution in [3.05, 3.63) is 35.4 Å². The highest BCUT2D eigenvalue weighted by molar-refractivity contribution is 5.40. The van der Waals surface area contributed by atoms with Gasteiger partial charge in [0, 0.05) is 12.5 Å². The van der Waals surface area contributed by atoms with E-state index in [0.29, 0.717) is 0 Å². The zero-order valence-corrected chi connectivity index (χ0v) is 12.1. The van der Waals surface area contributed by atoms with E-state index in [9.17, 15) is 0 Å². The van der Waals surface area contributed by atoms with Crippen LogP contribution >= 0.6 is 0 Å². The third kappa shape index (κ3) is 3.01. The highest BCUT2D eigenvalue weighted by atomic mass is 15.1. The fourth-order valence-electron chi connectivity index (χ4n) is 3.51. The van der Waals surface area contributed by atoms with Gasteiger partial charge in [0.2, 0.25) is 0 Å². The molecule has 1 atom stereocenters. The molecule has 1 aromatic rings. The molecule has 3 rings (SSSR count). The zero-order valence-electron chi connectivity index (χ0n) is 12.1. The Hall–Kier alpha value is -0.860. The Morgan fingerprint density at radius 1 is 1.16 bits per heavy atom. The molecule has 0 amide bonds. The third-order valence-corrected chi connectivity index (χ3v) is 4.94. The fourth-order valence-corrected chi connectivity index (χ4v) is 3.51. The predicted octanol–water partition coefficient (Wildman–Crippen LogP) is 2.65. The molecule has 1 heterocycles. The first-order chi connectivity index (χ1) is 9.36. The van der Waals surface area contributed by atoms with Crippen LogP contribution in [0.25, 0.3) is 0 Å². The second kappa shape index (κ2) is 6.06. The van der Waals surface area contributed by atoms with E-state index in [1.54, 1.807) is 11.1 Å². The molecule has 0 bridgehead atoms. The summed E-state index contributed by atoms with van der Waals surface area (Å²) in [7, 11) is 0. The van der Waals surface area contributed by atoms with Gasteiger partial charge in [-0.3, -0.25) is 0 Å². The lowest BCUT2D eigenvalue weighted by Crippen LogP contribution is -2.38. The minimum Gasteiger partial charge on any atom is -0.316 e. The van der Waals surface area contributed by atoms with Crippen molar-refractivity contribution in [3.63, 3.8) is 0 Å². The van der Waals surface area contributed by atoms with E-state index >= 15 is 0 Å². The number of hydrogen-bond acceptors (Lipinski definition) is 2. The number of hydrogen-bond donors (Lipinski definition) is 1. The molecule has 1 aromatic carbocycles. The lowest BCUT2D eigenvalue weighted by molar-refractivity contribution is 0.189. The largest absolute Gasteiger partial charge is 0.316 e. The molecule has 2 aliphatic rings. The SMILES string of the molecule is CCN1CCC(CNCC2Cc3ccccc32)CC1. The van der Waals surface area contributed by atoms with Gasteiger partial charge in [-0.2, -0.15) is 0 Å². The molecule has 2 nitrogen and oxygen atoms in total. The Bertz CT molecular complexity index is 407. The third-order valence-electron chi connectivity index (χ3n) is 4.94. The first kappa shape index (κ1) is 13.1. The van der Waals surface area contributed by atoms with Gasteiger partial charge in [0.25, 0.3) is 0 Å². The Labute approximate surface area is 117 Å². The molecule has 19 heavy (non-hydrogen) atoms. The van der Waals surface area contributed by atoms with Crippen LogP contribution in [0, 0.1) is 5.92 Å². The summed E-state index contributed by atoms with van der Waals surface area (Å²) in [5, 5.41) is 3.71. The van der Waals surface area contributed by atoms with Gasteiger partial charge in [-0.05, 0) is 62.5 Å². The van der Waals surface area contributed by atoms with Crippen molar-refractivity contribution in [1.29, 1.82) is 0 Å². The number of likely N-dealkylation sites (tertiary alicyclic amines) is 1. The minimum atomic E-state index is 0.770. The lowest BCUT2D eigenvalue weighted by Gasteiger charge is -2.33. The van der Waals surface area contributed by atoms with Crippen LogP contribution in [0.3, 0.4) is 0 Å². The summed E-state index contributed by atoms with van der Waals surface area (Å²) in [4.78, 5) is 2.57. The summed E-state index contributed by atoms with van der Waals surface area (Å²) in [6.07, 6.45) is 4.03. The van der Waals surface area contributed by atoms with Crippen LogP contribution in [-0.4, -0.2) is 37.6 Å². The van der Waals surface area contributed by atoms with E-state index in [-0.39, 0.29) is 0 Å². The summed E-state index contributed by atoms with van der Waals surface area (Å²) in [5.74, 6) is 1.67. The Morgan fingerprint density at radius 3 is 2.68 bits per heavy atom. The molecule has 2 heteroatoms. The van der Waals surface area contributed by atoms with E-state index in [0.717, 1.165) is 11.8 Å². The van der Waals surface area contributed by atoms with Crippen molar-refractivity contribution in [2.75, 3.05) is 32.7 Å². The Morgan fingerprint density at radius 2 is 1.95 bits per heavy atom. The van der Waals surface area contributed by atoms with Crippen LogP contribution < -0.4 is 5.32 Å². The standard InChI is InChI=1S/C17H26N2/c1-2-19-9-7-14(8-10-19)12-18-13-16-11-15-5-3-4-6-17(15)16/h3-6,14,16,18H,2,7-13H2,1H3. The maximum absolute atomic E-state index is 3.71. The molecule has 104 valence electrons. The second-order valence-corrected chi connectivity index (χ2v) is 6.14. The molecule has 0 radical (unpaired) electrons. The first-order valence-electron chi connectivity index (χ1n) is 7.87. The van der Waals surface area contributed by atoms with Crippen molar-refractivity contribution in [2.45, 2.75) is 32.1 Å². The average Bonchev–Trinajstić information content (AvgIpc) is 2.44. The number of piperidine rings is 1. The molecule has 0 aromatic heterocycles. The Balaban J connectivity index is 1.36. The molecule has 0 saturated carbocycles. The van der Waals surface area contributed by atoms with E-state index < -0.39 is 0 Å². The number of fused-ring (bicyclic) bond motifs is 1. The van der Waals surface area contributed by atoms with Crippen LogP contribution in [0.4, 0.5) is 0 Å². The van der Waals surface area contributed by atoms with Gasteiger partial charge in [0.1, 0.15) is 0 Å². The van der Waals surface area contributed by atoms with Crippen LogP contribution in [0.15, 0.2) is 24.3 Å². The van der Waals surface area contributed by atoms with Gasteiger partial charge in [0.05, 0.1) is 0 Å². The highest BCUT2D eigenvalue weighted by Gasteiger charge is 2.25. The number of rotatable bonds is 5. The number of nitrogens with one attached hydrogen (secondary N) is 1. The quantitative estimate of drug-likeness (QED) is 0.873. The van der Waals surface area contributed by atoms with Crippen LogP contribution in [0.2, 0.25) is 0 Å².